The van der Waals surface area contributed by atoms with Crippen molar-refractivity contribution in [2.24, 2.45) is 0 Å². The van der Waals surface area contributed by atoms with Crippen LogP contribution in [0.2, 0.25) is 0 Å². The van der Waals surface area contributed by atoms with Gasteiger partial charge in [-0.05, 0) is 18.4 Å². The molecule has 2 rings (SSSR count). The summed E-state index contributed by atoms with van der Waals surface area (Å²) in [6, 6.07) is 8.81. The minimum absolute atomic E-state index is 0.110. The van der Waals surface area contributed by atoms with E-state index in [1.54, 1.807) is 0 Å². The van der Waals surface area contributed by atoms with Gasteiger partial charge in [0.25, 0.3) is 5.91 Å². The van der Waals surface area contributed by atoms with Gasteiger partial charge in [0.15, 0.2) is 6.10 Å². The molecular formula is C15H20N2O4. The van der Waals surface area contributed by atoms with Gasteiger partial charge in [-0.25, -0.2) is 0 Å². The average Bonchev–Trinajstić information content (AvgIpc) is 2.52. The number of carbonyl (C=O) groups excluding carboxylic acids is 2. The first-order valence-corrected chi connectivity index (χ1v) is 7.07. The van der Waals surface area contributed by atoms with Crippen LogP contribution in [-0.4, -0.2) is 42.8 Å². The van der Waals surface area contributed by atoms with Gasteiger partial charge in [-0.1, -0.05) is 30.3 Å². The second-order valence-corrected chi connectivity index (χ2v) is 4.91. The van der Waals surface area contributed by atoms with Gasteiger partial charge in [-0.3, -0.25) is 9.59 Å². The van der Waals surface area contributed by atoms with E-state index in [0.29, 0.717) is 19.4 Å². The molecule has 1 heterocycles. The van der Waals surface area contributed by atoms with Crippen molar-refractivity contribution < 1.29 is 19.4 Å². The minimum Gasteiger partial charge on any atom is -0.396 e. The van der Waals surface area contributed by atoms with Gasteiger partial charge >= 0.3 is 0 Å². The molecule has 0 saturated carbocycles. The van der Waals surface area contributed by atoms with Gasteiger partial charge in [-0.2, -0.15) is 0 Å². The summed E-state index contributed by atoms with van der Waals surface area (Å²) < 4.78 is 5.40. The number of morpholine rings is 1. The summed E-state index contributed by atoms with van der Waals surface area (Å²) in [5.74, 6) is -0.477. The van der Waals surface area contributed by atoms with E-state index < -0.39 is 12.1 Å². The molecule has 0 aromatic heterocycles. The normalized spacial score (nSPS) is 21.7. The minimum atomic E-state index is -0.737. The van der Waals surface area contributed by atoms with Gasteiger partial charge in [0.1, 0.15) is 6.61 Å². The number of ether oxygens (including phenoxy) is 1. The second kappa shape index (κ2) is 7.75. The highest BCUT2D eigenvalue weighted by atomic mass is 16.5. The fourth-order valence-corrected chi connectivity index (χ4v) is 2.25. The molecule has 114 valence electrons. The number of amides is 2. The first kappa shape index (κ1) is 15.5. The first-order chi connectivity index (χ1) is 10.2. The monoisotopic (exact) mass is 292 g/mol. The lowest BCUT2D eigenvalue weighted by molar-refractivity contribution is -0.148. The molecule has 6 heteroatoms. The average molecular weight is 292 g/mol. The van der Waals surface area contributed by atoms with Gasteiger partial charge < -0.3 is 20.5 Å². The Morgan fingerprint density at radius 3 is 2.81 bits per heavy atom. The number of hydrogen-bond donors (Lipinski definition) is 3. The number of rotatable bonds is 6. The van der Waals surface area contributed by atoms with E-state index >= 15 is 0 Å². The maximum Gasteiger partial charge on any atom is 0.251 e. The molecule has 1 saturated heterocycles. The van der Waals surface area contributed by atoms with Crippen molar-refractivity contribution in [1.29, 1.82) is 0 Å². The molecule has 2 amide bonds. The standard InChI is InChI=1S/C15H20N2O4/c18-9-5-4-8-16-15(20)14-13(17-12(19)10-21-14)11-6-2-1-3-7-11/h1-3,6-7,13-14,18H,4-5,8-10H2,(H,16,20)(H,17,19)/t13-,14+/m1/s1. The van der Waals surface area contributed by atoms with E-state index in [0.717, 1.165) is 5.56 Å². The van der Waals surface area contributed by atoms with E-state index in [2.05, 4.69) is 10.6 Å². The van der Waals surface area contributed by atoms with Crippen LogP contribution in [0.15, 0.2) is 30.3 Å². The zero-order valence-electron chi connectivity index (χ0n) is 11.7. The Hall–Kier alpha value is -1.92. The van der Waals surface area contributed by atoms with Crippen LogP contribution in [0.25, 0.3) is 0 Å². The highest BCUT2D eigenvalue weighted by molar-refractivity contribution is 5.86. The van der Waals surface area contributed by atoms with Crippen LogP contribution in [0.5, 0.6) is 0 Å². The van der Waals surface area contributed by atoms with Crippen LogP contribution in [-0.2, 0) is 14.3 Å². The topological polar surface area (TPSA) is 87.7 Å². The molecule has 21 heavy (non-hydrogen) atoms. The SMILES string of the molecule is O=C1CO[C@H](C(=O)NCCCCO)[C@@H](c2ccccc2)N1. The van der Waals surface area contributed by atoms with Crippen LogP contribution in [0, 0.1) is 0 Å². The lowest BCUT2D eigenvalue weighted by atomic mass is 9.99. The largest absolute Gasteiger partial charge is 0.396 e. The van der Waals surface area contributed by atoms with Crippen LogP contribution in [0.3, 0.4) is 0 Å². The third-order valence-corrected chi connectivity index (χ3v) is 3.31. The van der Waals surface area contributed by atoms with Crippen molar-refractivity contribution in [3.8, 4) is 0 Å². The third-order valence-electron chi connectivity index (χ3n) is 3.31. The number of aliphatic hydroxyl groups is 1. The Morgan fingerprint density at radius 1 is 1.33 bits per heavy atom. The number of hydrogen-bond acceptors (Lipinski definition) is 4. The van der Waals surface area contributed by atoms with Crippen molar-refractivity contribution in [3.05, 3.63) is 35.9 Å². The maximum atomic E-state index is 12.2. The predicted molar refractivity (Wildman–Crippen MR) is 76.4 cm³/mol. The van der Waals surface area contributed by atoms with Crippen LogP contribution >= 0.6 is 0 Å². The summed E-state index contributed by atoms with van der Waals surface area (Å²) in [5.41, 5.74) is 0.834. The second-order valence-electron chi connectivity index (χ2n) is 4.91. The molecule has 0 bridgehead atoms. The van der Waals surface area contributed by atoms with Crippen molar-refractivity contribution in [1.82, 2.24) is 10.6 Å². The van der Waals surface area contributed by atoms with Crippen molar-refractivity contribution in [2.75, 3.05) is 19.8 Å². The van der Waals surface area contributed by atoms with E-state index in [-0.39, 0.29) is 25.0 Å². The lowest BCUT2D eigenvalue weighted by Crippen LogP contribution is -2.52. The van der Waals surface area contributed by atoms with Gasteiger partial charge in [0, 0.05) is 13.2 Å². The Morgan fingerprint density at radius 2 is 2.10 bits per heavy atom. The molecule has 3 N–H and O–H groups in total. The van der Waals surface area contributed by atoms with Crippen LogP contribution < -0.4 is 10.6 Å². The summed E-state index contributed by atoms with van der Waals surface area (Å²) in [7, 11) is 0. The van der Waals surface area contributed by atoms with E-state index in [4.69, 9.17) is 9.84 Å². The third kappa shape index (κ3) is 4.27. The number of carbonyl (C=O) groups is 2. The number of aliphatic hydroxyl groups excluding tert-OH is 1. The van der Waals surface area contributed by atoms with E-state index in [1.165, 1.54) is 0 Å². The molecule has 0 aliphatic carbocycles. The summed E-state index contributed by atoms with van der Waals surface area (Å²) in [4.78, 5) is 23.7. The molecule has 1 aliphatic heterocycles. The van der Waals surface area contributed by atoms with Crippen molar-refractivity contribution >= 4 is 11.8 Å². The first-order valence-electron chi connectivity index (χ1n) is 7.07. The smallest absolute Gasteiger partial charge is 0.251 e. The lowest BCUT2D eigenvalue weighted by Gasteiger charge is -2.31. The highest BCUT2D eigenvalue weighted by Gasteiger charge is 2.35. The van der Waals surface area contributed by atoms with Gasteiger partial charge in [0.05, 0.1) is 6.04 Å². The fourth-order valence-electron chi connectivity index (χ4n) is 2.25. The zero-order valence-corrected chi connectivity index (χ0v) is 11.7. The fraction of sp³-hybridized carbons (Fsp3) is 0.467. The van der Waals surface area contributed by atoms with Gasteiger partial charge in [0.2, 0.25) is 5.91 Å². The molecule has 2 atom stereocenters. The number of nitrogens with one attached hydrogen (secondary N) is 2. The van der Waals surface area contributed by atoms with E-state index in [9.17, 15) is 9.59 Å². The zero-order chi connectivity index (χ0) is 15.1. The number of unbranched alkanes of at least 4 members (excludes halogenated alkanes) is 1. The Bertz CT molecular complexity index is 478. The van der Waals surface area contributed by atoms with Gasteiger partial charge in [-0.15, -0.1) is 0 Å². The Balaban J connectivity index is 2.01. The molecular weight excluding hydrogens is 272 g/mol. The summed E-state index contributed by atoms with van der Waals surface area (Å²) in [6.45, 7) is 0.477. The van der Waals surface area contributed by atoms with E-state index in [1.807, 2.05) is 30.3 Å². The van der Waals surface area contributed by atoms with Crippen molar-refractivity contribution in [3.63, 3.8) is 0 Å². The Kier molecular flexibility index (Phi) is 5.71. The Labute approximate surface area is 123 Å². The van der Waals surface area contributed by atoms with Crippen LogP contribution in [0.1, 0.15) is 24.4 Å². The summed E-state index contributed by atoms with van der Waals surface area (Å²) >= 11 is 0. The van der Waals surface area contributed by atoms with Crippen molar-refractivity contribution in [2.45, 2.75) is 25.0 Å². The summed E-state index contributed by atoms with van der Waals surface area (Å²) in [6.07, 6.45) is 0.612. The molecule has 6 nitrogen and oxygen atoms in total. The molecule has 1 aromatic rings. The van der Waals surface area contributed by atoms with Crippen LogP contribution in [0.4, 0.5) is 0 Å². The molecule has 1 aromatic carbocycles. The molecule has 1 aliphatic rings. The molecule has 0 radical (unpaired) electrons. The summed E-state index contributed by atoms with van der Waals surface area (Å²) in [5, 5.41) is 14.3. The predicted octanol–water partition coefficient (Wildman–Crippen LogP) is 0.131. The molecule has 0 spiro atoms. The molecule has 1 fully saturated rings. The molecule has 0 unspecified atom stereocenters. The maximum absolute atomic E-state index is 12.2. The number of benzene rings is 1. The highest BCUT2D eigenvalue weighted by Crippen LogP contribution is 2.22. The quantitative estimate of drug-likeness (QED) is 0.650.